The molecular formula is C20H30FIN4. The van der Waals surface area contributed by atoms with Gasteiger partial charge in [0.05, 0.1) is 0 Å². The quantitative estimate of drug-likeness (QED) is 0.298. The first kappa shape index (κ1) is 21.2. The van der Waals surface area contributed by atoms with Crippen LogP contribution < -0.4 is 10.6 Å². The maximum atomic E-state index is 13.8. The molecule has 0 spiro atoms. The monoisotopic (exact) mass is 472 g/mol. The molecule has 0 amide bonds. The van der Waals surface area contributed by atoms with Crippen molar-refractivity contribution in [1.29, 1.82) is 0 Å². The van der Waals surface area contributed by atoms with Gasteiger partial charge in [0.25, 0.3) is 0 Å². The van der Waals surface area contributed by atoms with E-state index in [1.54, 1.807) is 12.1 Å². The second-order valence-electron chi connectivity index (χ2n) is 7.05. The van der Waals surface area contributed by atoms with Gasteiger partial charge in [0, 0.05) is 31.7 Å². The van der Waals surface area contributed by atoms with Gasteiger partial charge in [0.15, 0.2) is 5.96 Å². The number of rotatable bonds is 5. The smallest absolute Gasteiger partial charge is 0.191 e. The number of hydrogen-bond acceptors (Lipinski definition) is 2. The third kappa shape index (κ3) is 6.23. The van der Waals surface area contributed by atoms with E-state index in [0.29, 0.717) is 18.5 Å². The highest BCUT2D eigenvalue weighted by atomic mass is 127. The van der Waals surface area contributed by atoms with E-state index < -0.39 is 0 Å². The van der Waals surface area contributed by atoms with Crippen LogP contribution >= 0.6 is 24.0 Å². The summed E-state index contributed by atoms with van der Waals surface area (Å²) in [5.41, 5.74) is 0.800. The number of benzene rings is 1. The molecule has 1 saturated heterocycles. The van der Waals surface area contributed by atoms with E-state index in [9.17, 15) is 4.39 Å². The van der Waals surface area contributed by atoms with Crippen LogP contribution in [0.3, 0.4) is 0 Å². The van der Waals surface area contributed by atoms with E-state index in [1.165, 1.54) is 0 Å². The Kier molecular flexibility index (Phi) is 8.84. The summed E-state index contributed by atoms with van der Waals surface area (Å²) in [5.74, 6) is 1.46. The minimum Gasteiger partial charge on any atom is -0.356 e. The average molecular weight is 472 g/mol. The van der Waals surface area contributed by atoms with Crippen LogP contribution in [0.5, 0.6) is 0 Å². The number of likely N-dealkylation sites (tertiary alicyclic amines) is 1. The van der Waals surface area contributed by atoms with Crippen molar-refractivity contribution >= 4 is 29.9 Å². The lowest BCUT2D eigenvalue weighted by Crippen LogP contribution is -2.45. The van der Waals surface area contributed by atoms with Crippen molar-refractivity contribution in [2.24, 2.45) is 10.9 Å². The standard InChI is InChI=1S/C20H29FN4.HI/c1-22-20(24-18-7-3-4-8-18)23-14-16-10-12-25(13-11-16)15-17-6-2-5-9-19(17)21;/h2-6,9,16,18H,7-8,10-15H2,1H3,(H2,22,23,24);1H. The van der Waals surface area contributed by atoms with Crippen molar-refractivity contribution in [3.05, 3.63) is 47.8 Å². The maximum Gasteiger partial charge on any atom is 0.191 e. The van der Waals surface area contributed by atoms with Crippen molar-refractivity contribution in [3.8, 4) is 0 Å². The van der Waals surface area contributed by atoms with E-state index in [-0.39, 0.29) is 29.8 Å². The number of piperidine rings is 1. The van der Waals surface area contributed by atoms with Gasteiger partial charge in [-0.2, -0.15) is 0 Å². The lowest BCUT2D eigenvalue weighted by atomic mass is 9.96. The molecular weight excluding hydrogens is 442 g/mol. The summed E-state index contributed by atoms with van der Waals surface area (Å²) in [5, 5.41) is 6.95. The molecule has 0 radical (unpaired) electrons. The Labute approximate surface area is 173 Å². The minimum atomic E-state index is -0.0948. The van der Waals surface area contributed by atoms with Crippen molar-refractivity contribution in [2.75, 3.05) is 26.7 Å². The van der Waals surface area contributed by atoms with Crippen LogP contribution in [0.25, 0.3) is 0 Å². The summed E-state index contributed by atoms with van der Waals surface area (Å²) in [6.07, 6.45) is 8.88. The second kappa shape index (κ2) is 10.9. The number of guanidine groups is 1. The third-order valence-corrected chi connectivity index (χ3v) is 5.19. The van der Waals surface area contributed by atoms with E-state index >= 15 is 0 Å². The Morgan fingerprint density at radius 2 is 1.88 bits per heavy atom. The highest BCUT2D eigenvalue weighted by molar-refractivity contribution is 14.0. The van der Waals surface area contributed by atoms with Crippen LogP contribution in [-0.4, -0.2) is 43.6 Å². The molecule has 2 N–H and O–H groups in total. The first-order valence-electron chi connectivity index (χ1n) is 9.32. The first-order valence-corrected chi connectivity index (χ1v) is 9.32. The van der Waals surface area contributed by atoms with Crippen LogP contribution in [0.4, 0.5) is 4.39 Å². The fraction of sp³-hybridized carbons (Fsp3) is 0.550. The van der Waals surface area contributed by atoms with Gasteiger partial charge in [0.2, 0.25) is 0 Å². The zero-order valence-electron chi connectivity index (χ0n) is 15.5. The Bertz CT molecular complexity index is 604. The molecule has 1 heterocycles. The lowest BCUT2D eigenvalue weighted by Gasteiger charge is -2.32. The summed E-state index contributed by atoms with van der Waals surface area (Å²) in [7, 11) is 1.83. The molecule has 4 nitrogen and oxygen atoms in total. The Morgan fingerprint density at radius 1 is 1.19 bits per heavy atom. The molecule has 1 aliphatic heterocycles. The summed E-state index contributed by atoms with van der Waals surface area (Å²) in [6.45, 7) is 3.72. The molecule has 26 heavy (non-hydrogen) atoms. The SMILES string of the molecule is CN=C(NCC1CCN(Cc2ccccc2F)CC1)NC1CC=CC1.I. The predicted octanol–water partition coefficient (Wildman–Crippen LogP) is 3.54. The van der Waals surface area contributed by atoms with E-state index in [4.69, 9.17) is 0 Å². The van der Waals surface area contributed by atoms with E-state index in [2.05, 4.69) is 32.7 Å². The molecule has 144 valence electrons. The van der Waals surface area contributed by atoms with Crippen LogP contribution in [0.1, 0.15) is 31.2 Å². The first-order chi connectivity index (χ1) is 12.2. The molecule has 1 aromatic carbocycles. The van der Waals surface area contributed by atoms with Gasteiger partial charge < -0.3 is 10.6 Å². The van der Waals surface area contributed by atoms with Crippen LogP contribution in [-0.2, 0) is 6.54 Å². The summed E-state index contributed by atoms with van der Waals surface area (Å²) in [4.78, 5) is 6.68. The van der Waals surface area contributed by atoms with E-state index in [1.807, 2.05) is 19.2 Å². The normalized spacial score (nSPS) is 19.4. The fourth-order valence-corrected chi connectivity index (χ4v) is 3.58. The fourth-order valence-electron chi connectivity index (χ4n) is 3.58. The number of hydrogen-bond donors (Lipinski definition) is 2. The Hall–Kier alpha value is -1.15. The average Bonchev–Trinajstić information content (AvgIpc) is 3.15. The van der Waals surface area contributed by atoms with E-state index in [0.717, 1.165) is 56.8 Å². The molecule has 1 fully saturated rings. The maximum absolute atomic E-state index is 13.8. The van der Waals surface area contributed by atoms with Crippen molar-refractivity contribution in [3.63, 3.8) is 0 Å². The molecule has 1 aromatic rings. The largest absolute Gasteiger partial charge is 0.356 e. The van der Waals surface area contributed by atoms with Gasteiger partial charge in [-0.25, -0.2) is 4.39 Å². The zero-order chi connectivity index (χ0) is 17.5. The van der Waals surface area contributed by atoms with Gasteiger partial charge in [-0.15, -0.1) is 24.0 Å². The van der Waals surface area contributed by atoms with Crippen LogP contribution in [0.15, 0.2) is 41.4 Å². The molecule has 2 aliphatic rings. The highest BCUT2D eigenvalue weighted by Gasteiger charge is 2.20. The van der Waals surface area contributed by atoms with Gasteiger partial charge in [-0.3, -0.25) is 9.89 Å². The summed E-state index contributed by atoms with van der Waals surface area (Å²) >= 11 is 0. The summed E-state index contributed by atoms with van der Waals surface area (Å²) in [6, 6.07) is 7.57. The molecule has 0 atom stereocenters. The molecule has 0 bridgehead atoms. The molecule has 3 rings (SSSR count). The minimum absolute atomic E-state index is 0. The van der Waals surface area contributed by atoms with Gasteiger partial charge in [-0.05, 0) is 50.8 Å². The Morgan fingerprint density at radius 3 is 2.54 bits per heavy atom. The van der Waals surface area contributed by atoms with Gasteiger partial charge >= 0.3 is 0 Å². The van der Waals surface area contributed by atoms with Gasteiger partial charge in [-0.1, -0.05) is 30.4 Å². The van der Waals surface area contributed by atoms with Crippen LogP contribution in [0.2, 0.25) is 0 Å². The third-order valence-electron chi connectivity index (χ3n) is 5.19. The number of halogens is 2. The number of nitrogens with one attached hydrogen (secondary N) is 2. The number of aliphatic imine (C=N–C) groups is 1. The van der Waals surface area contributed by atoms with Crippen molar-refractivity contribution < 1.29 is 4.39 Å². The Balaban J connectivity index is 0.00000243. The second-order valence-corrected chi connectivity index (χ2v) is 7.05. The molecule has 0 aromatic heterocycles. The highest BCUT2D eigenvalue weighted by Crippen LogP contribution is 2.19. The zero-order valence-corrected chi connectivity index (χ0v) is 17.8. The lowest BCUT2D eigenvalue weighted by molar-refractivity contribution is 0.176. The number of nitrogens with zero attached hydrogens (tertiary/aromatic N) is 2. The molecule has 0 saturated carbocycles. The molecule has 0 unspecified atom stereocenters. The molecule has 6 heteroatoms. The topological polar surface area (TPSA) is 39.7 Å². The van der Waals surface area contributed by atoms with Gasteiger partial charge in [0.1, 0.15) is 5.82 Å². The van der Waals surface area contributed by atoms with Crippen LogP contribution in [0, 0.1) is 11.7 Å². The summed E-state index contributed by atoms with van der Waals surface area (Å²) < 4.78 is 13.8. The molecule has 1 aliphatic carbocycles. The van der Waals surface area contributed by atoms with Crippen molar-refractivity contribution in [1.82, 2.24) is 15.5 Å². The predicted molar refractivity (Wildman–Crippen MR) is 116 cm³/mol. The van der Waals surface area contributed by atoms with Crippen molar-refractivity contribution in [2.45, 2.75) is 38.3 Å².